The van der Waals surface area contributed by atoms with Gasteiger partial charge in [0, 0.05) is 13.6 Å². The number of hydrogen-bond acceptors (Lipinski definition) is 3. The van der Waals surface area contributed by atoms with Crippen molar-refractivity contribution >= 4 is 38.5 Å². The Morgan fingerprint density at radius 2 is 2.29 bits per heavy atom. The molecule has 0 saturated carbocycles. The summed E-state index contributed by atoms with van der Waals surface area (Å²) in [5.74, 6) is -0.0920. The molecule has 1 N–H and O–H groups in total. The van der Waals surface area contributed by atoms with E-state index in [1.165, 1.54) is 0 Å². The lowest BCUT2D eigenvalue weighted by Crippen LogP contribution is -1.95. The van der Waals surface area contributed by atoms with Crippen molar-refractivity contribution in [1.82, 2.24) is 10.1 Å². The molecule has 0 bridgehead atoms. The molecular formula is C8H4BrIN2O2. The number of hydrogen-bond donors (Lipinski definition) is 1. The van der Waals surface area contributed by atoms with Gasteiger partial charge in [0.2, 0.25) is 0 Å². The van der Waals surface area contributed by atoms with E-state index in [1.54, 1.807) is 0 Å². The predicted octanol–water partition coefficient (Wildman–Crippen LogP) is 2.40. The van der Waals surface area contributed by atoms with Crippen molar-refractivity contribution < 1.29 is 4.52 Å². The van der Waals surface area contributed by atoms with Gasteiger partial charge in [-0.15, -0.1) is 0 Å². The first kappa shape index (κ1) is 9.91. The summed E-state index contributed by atoms with van der Waals surface area (Å²) in [4.78, 5) is 13.2. The molecule has 1 aromatic carbocycles. The molecule has 72 valence electrons. The number of nitrogens with one attached hydrogen (secondary N) is 1. The number of benzene rings is 1. The van der Waals surface area contributed by atoms with E-state index in [2.05, 4.69) is 53.2 Å². The van der Waals surface area contributed by atoms with Crippen molar-refractivity contribution in [3.8, 4) is 11.4 Å². The Morgan fingerprint density at radius 3 is 2.86 bits per heavy atom. The Balaban J connectivity index is 2.57. The maximum Gasteiger partial charge on any atom is 0.439 e. The maximum atomic E-state index is 10.7. The zero-order chi connectivity index (χ0) is 10.1. The first-order valence-electron chi connectivity index (χ1n) is 3.68. The van der Waals surface area contributed by atoms with Crippen molar-refractivity contribution in [1.29, 1.82) is 0 Å². The summed E-state index contributed by atoms with van der Waals surface area (Å²) in [6.45, 7) is 0. The molecule has 2 rings (SSSR count). The molecule has 0 fully saturated rings. The van der Waals surface area contributed by atoms with E-state index < -0.39 is 5.76 Å². The van der Waals surface area contributed by atoms with Crippen LogP contribution in [0.5, 0.6) is 0 Å². The molecule has 0 radical (unpaired) electrons. The summed E-state index contributed by atoms with van der Waals surface area (Å²) < 4.78 is 6.40. The zero-order valence-electron chi connectivity index (χ0n) is 6.75. The first-order valence-corrected chi connectivity index (χ1v) is 5.55. The average Bonchev–Trinajstić information content (AvgIpc) is 2.51. The molecule has 14 heavy (non-hydrogen) atoms. The summed E-state index contributed by atoms with van der Waals surface area (Å²) >= 11 is 5.52. The van der Waals surface area contributed by atoms with Crippen LogP contribution in [0.1, 0.15) is 0 Å². The summed E-state index contributed by atoms with van der Waals surface area (Å²) in [7, 11) is 0. The highest BCUT2D eigenvalue weighted by Gasteiger charge is 2.07. The summed E-state index contributed by atoms with van der Waals surface area (Å²) in [6, 6.07) is 5.67. The van der Waals surface area contributed by atoms with Gasteiger partial charge in [0.05, 0.1) is 0 Å². The van der Waals surface area contributed by atoms with Gasteiger partial charge in [-0.1, -0.05) is 21.1 Å². The number of nitrogens with zero attached hydrogens (tertiary/aromatic N) is 1. The summed E-state index contributed by atoms with van der Waals surface area (Å²) in [5, 5.41) is 3.61. The van der Waals surface area contributed by atoms with Crippen LogP contribution < -0.4 is 5.76 Å². The van der Waals surface area contributed by atoms with E-state index >= 15 is 0 Å². The molecule has 1 heterocycles. The number of halogens is 2. The molecule has 0 unspecified atom stereocenters. The smallest absolute Gasteiger partial charge is 0.296 e. The standard InChI is InChI=1S/C8H4BrIN2O2/c9-4-1-2-5(6(10)3-4)7-11-8(13)14-12-7/h1-3H,(H,11,12,13). The monoisotopic (exact) mass is 366 g/mol. The number of H-pyrrole nitrogens is 1. The minimum absolute atomic E-state index is 0.451. The molecule has 0 amide bonds. The Morgan fingerprint density at radius 1 is 1.50 bits per heavy atom. The third-order valence-electron chi connectivity index (χ3n) is 1.63. The highest BCUT2D eigenvalue weighted by Crippen LogP contribution is 2.24. The van der Waals surface area contributed by atoms with Crippen LogP contribution in [0, 0.1) is 3.57 Å². The number of aromatic nitrogens is 2. The molecule has 0 aliphatic carbocycles. The minimum atomic E-state index is -0.543. The Kier molecular flexibility index (Phi) is 2.73. The van der Waals surface area contributed by atoms with Crippen LogP contribution in [-0.2, 0) is 0 Å². The van der Waals surface area contributed by atoms with Crippen molar-refractivity contribution in [2.75, 3.05) is 0 Å². The van der Waals surface area contributed by atoms with Gasteiger partial charge in [0.1, 0.15) is 0 Å². The fourth-order valence-electron chi connectivity index (χ4n) is 1.03. The van der Waals surface area contributed by atoms with E-state index in [-0.39, 0.29) is 0 Å². The van der Waals surface area contributed by atoms with E-state index in [4.69, 9.17) is 0 Å². The molecular weight excluding hydrogens is 363 g/mol. The van der Waals surface area contributed by atoms with Crippen LogP contribution in [0.4, 0.5) is 0 Å². The van der Waals surface area contributed by atoms with Gasteiger partial charge in [-0.3, -0.25) is 9.51 Å². The second-order valence-corrected chi connectivity index (χ2v) is 4.65. The van der Waals surface area contributed by atoms with Crippen molar-refractivity contribution in [3.63, 3.8) is 0 Å². The van der Waals surface area contributed by atoms with Gasteiger partial charge in [0.25, 0.3) is 0 Å². The van der Waals surface area contributed by atoms with Crippen LogP contribution >= 0.6 is 38.5 Å². The molecule has 0 saturated heterocycles. The lowest BCUT2D eigenvalue weighted by Gasteiger charge is -1.99. The van der Waals surface area contributed by atoms with Crippen LogP contribution in [-0.4, -0.2) is 10.1 Å². The van der Waals surface area contributed by atoms with Crippen molar-refractivity contribution in [3.05, 3.63) is 36.8 Å². The Labute approximate surface area is 101 Å². The van der Waals surface area contributed by atoms with Crippen LogP contribution in [0.25, 0.3) is 11.4 Å². The van der Waals surface area contributed by atoms with Gasteiger partial charge < -0.3 is 0 Å². The number of aromatic amines is 1. The van der Waals surface area contributed by atoms with Crippen LogP contribution in [0.15, 0.2) is 32.0 Å². The summed E-state index contributed by atoms with van der Waals surface area (Å²) in [5.41, 5.74) is 0.847. The van der Waals surface area contributed by atoms with Crippen LogP contribution in [0.3, 0.4) is 0 Å². The molecule has 0 spiro atoms. The van der Waals surface area contributed by atoms with Gasteiger partial charge in [-0.2, -0.15) is 0 Å². The second-order valence-electron chi connectivity index (χ2n) is 2.57. The second kappa shape index (κ2) is 3.85. The largest absolute Gasteiger partial charge is 0.439 e. The van der Waals surface area contributed by atoms with Crippen LogP contribution in [0.2, 0.25) is 0 Å². The van der Waals surface area contributed by atoms with Gasteiger partial charge in [-0.05, 0) is 40.8 Å². The Hall–Kier alpha value is -0.630. The molecule has 0 atom stereocenters. The highest BCUT2D eigenvalue weighted by molar-refractivity contribution is 14.1. The fraction of sp³-hybridized carbons (Fsp3) is 0. The SMILES string of the molecule is O=c1[nH]c(-c2ccc(Br)cc2I)no1. The third kappa shape index (κ3) is 1.90. The minimum Gasteiger partial charge on any atom is -0.296 e. The molecule has 6 heteroatoms. The van der Waals surface area contributed by atoms with E-state index in [0.717, 1.165) is 13.6 Å². The van der Waals surface area contributed by atoms with E-state index in [9.17, 15) is 4.79 Å². The molecule has 0 aliphatic rings. The van der Waals surface area contributed by atoms with E-state index in [0.29, 0.717) is 5.82 Å². The van der Waals surface area contributed by atoms with Crippen molar-refractivity contribution in [2.45, 2.75) is 0 Å². The average molecular weight is 367 g/mol. The summed E-state index contributed by atoms with van der Waals surface area (Å²) in [6.07, 6.45) is 0. The van der Waals surface area contributed by atoms with E-state index in [1.807, 2.05) is 18.2 Å². The predicted molar refractivity (Wildman–Crippen MR) is 63.0 cm³/mol. The van der Waals surface area contributed by atoms with Gasteiger partial charge in [0.15, 0.2) is 5.82 Å². The zero-order valence-corrected chi connectivity index (χ0v) is 10.5. The highest BCUT2D eigenvalue weighted by atomic mass is 127. The lowest BCUT2D eigenvalue weighted by atomic mass is 10.2. The van der Waals surface area contributed by atoms with Gasteiger partial charge >= 0.3 is 5.76 Å². The Bertz CT molecular complexity index is 520. The third-order valence-corrected chi connectivity index (χ3v) is 3.01. The lowest BCUT2D eigenvalue weighted by molar-refractivity contribution is 0.388. The number of rotatable bonds is 1. The van der Waals surface area contributed by atoms with Crippen molar-refractivity contribution in [2.24, 2.45) is 0 Å². The quantitative estimate of drug-likeness (QED) is 0.788. The molecule has 4 nitrogen and oxygen atoms in total. The van der Waals surface area contributed by atoms with Gasteiger partial charge in [-0.25, -0.2) is 4.79 Å². The molecule has 2 aromatic rings. The first-order chi connectivity index (χ1) is 6.66. The normalized spacial score (nSPS) is 10.4. The molecule has 0 aliphatic heterocycles. The molecule has 1 aromatic heterocycles. The fourth-order valence-corrected chi connectivity index (χ4v) is 2.59. The topological polar surface area (TPSA) is 58.9 Å². The maximum absolute atomic E-state index is 10.7.